The monoisotopic (exact) mass is 245 g/mol. The Kier molecular flexibility index (Phi) is 2.88. The minimum Gasteiger partial charge on any atom is -0.508 e. The zero-order valence-corrected chi connectivity index (χ0v) is 10.0. The van der Waals surface area contributed by atoms with Gasteiger partial charge in [0.15, 0.2) is 0 Å². The van der Waals surface area contributed by atoms with Crippen molar-refractivity contribution in [2.75, 3.05) is 18.0 Å². The molecule has 94 valence electrons. The molecule has 1 saturated heterocycles. The number of phenolic OH excluding ortho intramolecular Hbond substituents is 1. The van der Waals surface area contributed by atoms with E-state index in [1.54, 1.807) is 12.1 Å². The molecule has 0 atom stereocenters. The largest absolute Gasteiger partial charge is 0.508 e. The lowest BCUT2D eigenvalue weighted by molar-refractivity contribution is 0.384. The highest BCUT2D eigenvalue weighted by atomic mass is 16.5. The highest BCUT2D eigenvalue weighted by Gasteiger charge is 2.17. The van der Waals surface area contributed by atoms with Crippen molar-refractivity contribution in [1.82, 2.24) is 10.1 Å². The number of benzene rings is 1. The number of anilines is 1. The van der Waals surface area contributed by atoms with Crippen molar-refractivity contribution in [3.05, 3.63) is 35.7 Å². The Morgan fingerprint density at radius 3 is 2.89 bits per heavy atom. The van der Waals surface area contributed by atoms with E-state index in [1.807, 2.05) is 12.1 Å². The van der Waals surface area contributed by atoms with Crippen LogP contribution in [0.25, 0.3) is 0 Å². The molecule has 0 aliphatic carbocycles. The lowest BCUT2D eigenvalue weighted by Crippen LogP contribution is -2.18. The van der Waals surface area contributed by atoms with E-state index in [9.17, 15) is 5.11 Å². The fourth-order valence-corrected chi connectivity index (χ4v) is 2.20. The summed E-state index contributed by atoms with van der Waals surface area (Å²) in [6, 6.07) is 7.09. The molecule has 0 saturated carbocycles. The van der Waals surface area contributed by atoms with Crippen LogP contribution in [0, 0.1) is 0 Å². The Balaban J connectivity index is 1.73. The maximum Gasteiger partial charge on any atom is 0.266 e. The molecule has 18 heavy (non-hydrogen) atoms. The first-order valence-electron chi connectivity index (χ1n) is 6.17. The van der Waals surface area contributed by atoms with Gasteiger partial charge in [-0.25, -0.2) is 0 Å². The summed E-state index contributed by atoms with van der Waals surface area (Å²) in [5.74, 6) is 1.52. The van der Waals surface area contributed by atoms with Crippen molar-refractivity contribution in [2.24, 2.45) is 0 Å². The summed E-state index contributed by atoms with van der Waals surface area (Å²) < 4.78 is 5.24. The highest BCUT2D eigenvalue weighted by molar-refractivity contribution is 5.31. The second-order valence-electron chi connectivity index (χ2n) is 4.53. The Morgan fingerprint density at radius 2 is 2.11 bits per heavy atom. The van der Waals surface area contributed by atoms with E-state index in [2.05, 4.69) is 15.0 Å². The van der Waals surface area contributed by atoms with E-state index >= 15 is 0 Å². The average Bonchev–Trinajstić information content (AvgIpc) is 2.98. The minimum atomic E-state index is 0.256. The summed E-state index contributed by atoms with van der Waals surface area (Å²) in [4.78, 5) is 6.52. The summed E-state index contributed by atoms with van der Waals surface area (Å²) in [5.41, 5.74) is 0.964. The second kappa shape index (κ2) is 4.68. The van der Waals surface area contributed by atoms with Crippen LogP contribution in [0.4, 0.5) is 5.95 Å². The third-order valence-electron chi connectivity index (χ3n) is 3.11. The average molecular weight is 245 g/mol. The lowest BCUT2D eigenvalue weighted by Gasteiger charge is -2.09. The van der Waals surface area contributed by atoms with Gasteiger partial charge in [0.2, 0.25) is 5.89 Å². The maximum atomic E-state index is 9.39. The highest BCUT2D eigenvalue weighted by Crippen LogP contribution is 2.18. The summed E-state index contributed by atoms with van der Waals surface area (Å²) >= 11 is 0. The molecule has 0 unspecified atom stereocenters. The van der Waals surface area contributed by atoms with E-state index in [0.717, 1.165) is 18.7 Å². The van der Waals surface area contributed by atoms with Gasteiger partial charge in [-0.3, -0.25) is 0 Å². The SMILES string of the molecule is Oc1cccc(Cc2nc(N3CCCC3)no2)c1. The van der Waals surface area contributed by atoms with Crippen LogP contribution in [-0.4, -0.2) is 28.3 Å². The van der Waals surface area contributed by atoms with Crippen molar-refractivity contribution >= 4 is 5.95 Å². The molecule has 0 amide bonds. The summed E-state index contributed by atoms with van der Waals surface area (Å²) in [7, 11) is 0. The molecule has 1 aliphatic heterocycles. The molecular formula is C13H15N3O2. The van der Waals surface area contributed by atoms with Crippen LogP contribution >= 0.6 is 0 Å². The minimum absolute atomic E-state index is 0.256. The number of phenols is 1. The molecule has 2 aromatic rings. The van der Waals surface area contributed by atoms with Gasteiger partial charge in [0.1, 0.15) is 5.75 Å². The van der Waals surface area contributed by atoms with Crippen molar-refractivity contribution < 1.29 is 9.63 Å². The first-order chi connectivity index (χ1) is 8.81. The number of hydrogen-bond donors (Lipinski definition) is 1. The van der Waals surface area contributed by atoms with E-state index in [1.165, 1.54) is 12.8 Å². The van der Waals surface area contributed by atoms with Crippen LogP contribution in [-0.2, 0) is 6.42 Å². The standard InChI is InChI=1S/C13H15N3O2/c17-11-5-3-4-10(8-11)9-12-14-13(15-18-12)16-6-1-2-7-16/h3-5,8,17H,1-2,6-7,9H2. The molecule has 1 fully saturated rings. The van der Waals surface area contributed by atoms with E-state index in [4.69, 9.17) is 4.52 Å². The Hall–Kier alpha value is -2.04. The number of aromatic nitrogens is 2. The van der Waals surface area contributed by atoms with Crippen LogP contribution in [0.2, 0.25) is 0 Å². The van der Waals surface area contributed by atoms with Crippen LogP contribution in [0.15, 0.2) is 28.8 Å². The first-order valence-corrected chi connectivity index (χ1v) is 6.17. The molecule has 0 radical (unpaired) electrons. The smallest absolute Gasteiger partial charge is 0.266 e. The van der Waals surface area contributed by atoms with E-state index < -0.39 is 0 Å². The normalized spacial score (nSPS) is 15.2. The Morgan fingerprint density at radius 1 is 1.28 bits per heavy atom. The molecule has 5 heteroatoms. The summed E-state index contributed by atoms with van der Waals surface area (Å²) in [6.45, 7) is 2.01. The number of hydrogen-bond acceptors (Lipinski definition) is 5. The topological polar surface area (TPSA) is 62.4 Å². The van der Waals surface area contributed by atoms with Crippen molar-refractivity contribution in [3.8, 4) is 5.75 Å². The third kappa shape index (κ3) is 2.30. The predicted molar refractivity (Wildman–Crippen MR) is 66.7 cm³/mol. The van der Waals surface area contributed by atoms with Gasteiger partial charge in [0, 0.05) is 13.1 Å². The zero-order chi connectivity index (χ0) is 12.4. The quantitative estimate of drug-likeness (QED) is 0.895. The van der Waals surface area contributed by atoms with Crippen molar-refractivity contribution in [2.45, 2.75) is 19.3 Å². The zero-order valence-electron chi connectivity index (χ0n) is 10.0. The number of rotatable bonds is 3. The predicted octanol–water partition coefficient (Wildman–Crippen LogP) is 1.97. The molecule has 0 spiro atoms. The van der Waals surface area contributed by atoms with Gasteiger partial charge in [0.25, 0.3) is 5.95 Å². The molecule has 0 bridgehead atoms. The Bertz CT molecular complexity index is 533. The lowest BCUT2D eigenvalue weighted by atomic mass is 10.1. The van der Waals surface area contributed by atoms with Gasteiger partial charge < -0.3 is 14.5 Å². The second-order valence-corrected chi connectivity index (χ2v) is 4.53. The molecule has 1 aliphatic rings. The van der Waals surface area contributed by atoms with Crippen LogP contribution in [0.5, 0.6) is 5.75 Å². The van der Waals surface area contributed by atoms with Crippen LogP contribution in [0.1, 0.15) is 24.3 Å². The van der Waals surface area contributed by atoms with E-state index in [0.29, 0.717) is 18.3 Å². The van der Waals surface area contributed by atoms with Gasteiger partial charge >= 0.3 is 0 Å². The van der Waals surface area contributed by atoms with Crippen molar-refractivity contribution in [3.63, 3.8) is 0 Å². The molecule has 1 aromatic heterocycles. The summed E-state index contributed by atoms with van der Waals surface area (Å²) in [5, 5.41) is 13.4. The number of nitrogens with zero attached hydrogens (tertiary/aromatic N) is 3. The first kappa shape index (κ1) is 11.1. The van der Waals surface area contributed by atoms with Gasteiger partial charge in [0.05, 0.1) is 6.42 Å². The fraction of sp³-hybridized carbons (Fsp3) is 0.385. The number of aromatic hydroxyl groups is 1. The fourth-order valence-electron chi connectivity index (χ4n) is 2.20. The Labute approximate surface area is 105 Å². The van der Waals surface area contributed by atoms with Crippen LogP contribution < -0.4 is 4.90 Å². The van der Waals surface area contributed by atoms with Gasteiger partial charge in [-0.1, -0.05) is 12.1 Å². The van der Waals surface area contributed by atoms with E-state index in [-0.39, 0.29) is 5.75 Å². The van der Waals surface area contributed by atoms with Gasteiger partial charge in [-0.2, -0.15) is 4.98 Å². The maximum absolute atomic E-state index is 9.39. The van der Waals surface area contributed by atoms with Gasteiger partial charge in [-0.15, -0.1) is 0 Å². The third-order valence-corrected chi connectivity index (χ3v) is 3.11. The molecule has 5 nitrogen and oxygen atoms in total. The van der Waals surface area contributed by atoms with Crippen LogP contribution in [0.3, 0.4) is 0 Å². The molecule has 2 heterocycles. The molecule has 1 aromatic carbocycles. The summed E-state index contributed by atoms with van der Waals surface area (Å²) in [6.07, 6.45) is 2.93. The molecule has 1 N–H and O–H groups in total. The van der Waals surface area contributed by atoms with Crippen molar-refractivity contribution in [1.29, 1.82) is 0 Å². The molecule has 3 rings (SSSR count). The van der Waals surface area contributed by atoms with Gasteiger partial charge in [-0.05, 0) is 35.7 Å². The molecular weight excluding hydrogens is 230 g/mol.